The number of aryl methyl sites for hydroxylation is 1. The molecule has 9 heteroatoms. The topological polar surface area (TPSA) is 80.1 Å². The molecular weight excluding hydrogens is 472 g/mol. The average molecular weight is 491 g/mol. The minimum Gasteiger partial charge on any atom is -0.457 e. The highest BCUT2D eigenvalue weighted by Crippen LogP contribution is 2.33. The van der Waals surface area contributed by atoms with Gasteiger partial charge >= 0.3 is 0 Å². The molecular formula is C21H19BrN2O5S. The Hall–Kier alpha value is -2.36. The van der Waals surface area contributed by atoms with Crippen molar-refractivity contribution >= 4 is 50.8 Å². The second-order valence-corrected chi connectivity index (χ2v) is 8.77. The summed E-state index contributed by atoms with van der Waals surface area (Å²) in [7, 11) is 0. The van der Waals surface area contributed by atoms with E-state index in [9.17, 15) is 14.4 Å². The number of carbonyl (C=O) groups is 3. The zero-order valence-corrected chi connectivity index (χ0v) is 18.6. The second-order valence-electron chi connectivity index (χ2n) is 6.93. The maximum atomic E-state index is 12.7. The van der Waals surface area contributed by atoms with Crippen molar-refractivity contribution in [2.75, 3.05) is 32.8 Å². The lowest BCUT2D eigenvalue weighted by atomic mass is 10.1. The minimum atomic E-state index is -0.482. The molecule has 1 aromatic carbocycles. The summed E-state index contributed by atoms with van der Waals surface area (Å²) in [6.07, 6.45) is 1.54. The Morgan fingerprint density at radius 3 is 2.70 bits per heavy atom. The summed E-state index contributed by atoms with van der Waals surface area (Å²) in [6, 6.07) is 9.45. The fourth-order valence-corrected chi connectivity index (χ4v) is 4.26. The van der Waals surface area contributed by atoms with Gasteiger partial charge in [-0.3, -0.25) is 19.3 Å². The molecule has 4 rings (SSSR count). The standard InChI is InChI=1S/C21H19BrN2O5S/c1-13-10-14(2-4-16(13)22)17-5-3-15(29-17)11-18-20(26)24(21(27)30-18)12-19(25)23-6-8-28-9-7-23/h2-5,10-11H,6-9,12H2,1H3/b18-11-. The van der Waals surface area contributed by atoms with Gasteiger partial charge in [0.15, 0.2) is 0 Å². The van der Waals surface area contributed by atoms with Gasteiger partial charge in [-0.2, -0.15) is 0 Å². The van der Waals surface area contributed by atoms with Gasteiger partial charge in [0.1, 0.15) is 18.1 Å². The smallest absolute Gasteiger partial charge is 0.294 e. The molecule has 0 unspecified atom stereocenters. The van der Waals surface area contributed by atoms with Crippen LogP contribution in [0.15, 0.2) is 44.1 Å². The average Bonchev–Trinajstić information content (AvgIpc) is 3.31. The van der Waals surface area contributed by atoms with Crippen LogP contribution in [-0.2, 0) is 14.3 Å². The maximum absolute atomic E-state index is 12.7. The lowest BCUT2D eigenvalue weighted by molar-refractivity contribution is -0.139. The first kappa shape index (κ1) is 20.9. The van der Waals surface area contributed by atoms with Crippen LogP contribution in [0.25, 0.3) is 17.4 Å². The molecule has 0 aliphatic carbocycles. The van der Waals surface area contributed by atoms with Gasteiger partial charge in [-0.15, -0.1) is 0 Å². The number of nitrogens with zero attached hydrogens (tertiary/aromatic N) is 2. The largest absolute Gasteiger partial charge is 0.457 e. The number of rotatable bonds is 4. The maximum Gasteiger partial charge on any atom is 0.294 e. The zero-order valence-electron chi connectivity index (χ0n) is 16.2. The fourth-order valence-electron chi connectivity index (χ4n) is 3.20. The minimum absolute atomic E-state index is 0.239. The van der Waals surface area contributed by atoms with Gasteiger partial charge in [0.2, 0.25) is 5.91 Å². The van der Waals surface area contributed by atoms with Crippen molar-refractivity contribution in [2.45, 2.75) is 6.92 Å². The lowest BCUT2D eigenvalue weighted by Gasteiger charge is -2.27. The molecule has 0 atom stereocenters. The first-order chi connectivity index (χ1) is 14.4. The van der Waals surface area contributed by atoms with Gasteiger partial charge in [-0.25, -0.2) is 0 Å². The molecule has 7 nitrogen and oxygen atoms in total. The Balaban J connectivity index is 1.47. The van der Waals surface area contributed by atoms with Crippen LogP contribution in [0.3, 0.4) is 0 Å². The van der Waals surface area contributed by atoms with E-state index < -0.39 is 11.1 Å². The van der Waals surface area contributed by atoms with Gasteiger partial charge in [0.25, 0.3) is 11.1 Å². The summed E-state index contributed by atoms with van der Waals surface area (Å²) in [5.74, 6) is 0.394. The van der Waals surface area contributed by atoms with Crippen LogP contribution in [0.2, 0.25) is 0 Å². The van der Waals surface area contributed by atoms with Crippen LogP contribution in [-0.4, -0.2) is 59.7 Å². The molecule has 3 heterocycles. The number of benzene rings is 1. The summed E-state index contributed by atoms with van der Waals surface area (Å²) in [6.45, 7) is 3.60. The molecule has 0 radical (unpaired) electrons. The molecule has 1 aromatic heterocycles. The third kappa shape index (κ3) is 4.38. The summed E-state index contributed by atoms with van der Waals surface area (Å²) >= 11 is 4.29. The van der Waals surface area contributed by atoms with Gasteiger partial charge < -0.3 is 14.1 Å². The Kier molecular flexibility index (Phi) is 6.12. The molecule has 3 amide bonds. The highest BCUT2D eigenvalue weighted by Gasteiger charge is 2.37. The van der Waals surface area contributed by atoms with Gasteiger partial charge in [0, 0.05) is 29.2 Å². The van der Waals surface area contributed by atoms with E-state index in [2.05, 4.69) is 15.9 Å². The molecule has 2 aliphatic rings. The van der Waals surface area contributed by atoms with E-state index in [1.54, 1.807) is 17.0 Å². The van der Waals surface area contributed by atoms with Gasteiger partial charge in [-0.05, 0) is 48.5 Å². The molecule has 0 spiro atoms. The number of thioether (sulfide) groups is 1. The molecule has 0 N–H and O–H groups in total. The number of ether oxygens (including phenoxy) is 1. The number of amides is 3. The van der Waals surface area contributed by atoms with Crippen LogP contribution in [0.1, 0.15) is 11.3 Å². The molecule has 30 heavy (non-hydrogen) atoms. The highest BCUT2D eigenvalue weighted by atomic mass is 79.9. The van der Waals surface area contributed by atoms with Gasteiger partial charge in [-0.1, -0.05) is 22.0 Å². The number of halogens is 1. The highest BCUT2D eigenvalue weighted by molar-refractivity contribution is 9.10. The molecule has 0 saturated carbocycles. The van der Waals surface area contributed by atoms with Crippen molar-refractivity contribution in [2.24, 2.45) is 0 Å². The third-order valence-electron chi connectivity index (χ3n) is 4.87. The number of carbonyl (C=O) groups excluding carboxylic acids is 3. The van der Waals surface area contributed by atoms with Crippen molar-refractivity contribution in [3.8, 4) is 11.3 Å². The normalized spacial score (nSPS) is 18.5. The number of hydrogen-bond donors (Lipinski definition) is 0. The van der Waals surface area contributed by atoms with E-state index in [-0.39, 0.29) is 17.4 Å². The molecule has 2 aromatic rings. The van der Waals surface area contributed by atoms with Gasteiger partial charge in [0.05, 0.1) is 18.1 Å². The van der Waals surface area contributed by atoms with Crippen LogP contribution in [0.4, 0.5) is 4.79 Å². The van der Waals surface area contributed by atoms with E-state index in [0.29, 0.717) is 37.8 Å². The molecule has 156 valence electrons. The predicted octanol–water partition coefficient (Wildman–Crippen LogP) is 3.91. The SMILES string of the molecule is Cc1cc(-c2ccc(/C=C3\SC(=O)N(CC(=O)N4CCOCC4)C3=O)o2)ccc1Br. The van der Waals surface area contributed by atoms with E-state index in [0.717, 1.165) is 32.3 Å². The summed E-state index contributed by atoms with van der Waals surface area (Å²) < 4.78 is 12.1. The third-order valence-corrected chi connectivity index (χ3v) is 6.67. The second kappa shape index (κ2) is 8.79. The van der Waals surface area contributed by atoms with E-state index in [1.807, 2.05) is 31.2 Å². The van der Waals surface area contributed by atoms with Crippen LogP contribution in [0, 0.1) is 6.92 Å². The van der Waals surface area contributed by atoms with Crippen LogP contribution in [0.5, 0.6) is 0 Å². The quantitative estimate of drug-likeness (QED) is 0.604. The first-order valence-corrected chi connectivity index (χ1v) is 11.0. The van der Waals surface area contributed by atoms with E-state index >= 15 is 0 Å². The van der Waals surface area contributed by atoms with E-state index in [1.165, 1.54) is 0 Å². The fraction of sp³-hybridized carbons (Fsp3) is 0.286. The van der Waals surface area contributed by atoms with Crippen LogP contribution >= 0.6 is 27.7 Å². The summed E-state index contributed by atoms with van der Waals surface area (Å²) in [5.41, 5.74) is 2.00. The molecule has 0 bridgehead atoms. The predicted molar refractivity (Wildman–Crippen MR) is 117 cm³/mol. The number of morpholine rings is 1. The Morgan fingerprint density at radius 1 is 1.20 bits per heavy atom. The Labute approximate surface area is 186 Å². The van der Waals surface area contributed by atoms with E-state index in [4.69, 9.17) is 9.15 Å². The first-order valence-electron chi connectivity index (χ1n) is 9.39. The molecule has 2 saturated heterocycles. The summed E-state index contributed by atoms with van der Waals surface area (Å²) in [5, 5.41) is -0.455. The summed E-state index contributed by atoms with van der Waals surface area (Å²) in [4.78, 5) is 40.2. The van der Waals surface area contributed by atoms with Crippen LogP contribution < -0.4 is 0 Å². The molecule has 2 fully saturated rings. The number of imide groups is 1. The van der Waals surface area contributed by atoms with Crippen molar-refractivity contribution < 1.29 is 23.5 Å². The monoisotopic (exact) mass is 490 g/mol. The van der Waals surface area contributed by atoms with Crippen molar-refractivity contribution in [3.63, 3.8) is 0 Å². The van der Waals surface area contributed by atoms with Crippen molar-refractivity contribution in [1.29, 1.82) is 0 Å². The number of hydrogen-bond acceptors (Lipinski definition) is 6. The Bertz CT molecular complexity index is 1040. The lowest BCUT2D eigenvalue weighted by Crippen LogP contribution is -2.46. The van der Waals surface area contributed by atoms with Crippen molar-refractivity contribution in [3.05, 3.63) is 51.0 Å². The zero-order chi connectivity index (χ0) is 21.3. The number of furan rings is 1. The van der Waals surface area contributed by atoms with Crippen molar-refractivity contribution in [1.82, 2.24) is 9.80 Å². The molecule has 2 aliphatic heterocycles. The Morgan fingerprint density at radius 2 is 1.97 bits per heavy atom.